The van der Waals surface area contributed by atoms with Crippen LogP contribution < -0.4 is 0 Å². The number of aryl methyl sites for hydroxylation is 1. The summed E-state index contributed by atoms with van der Waals surface area (Å²) < 4.78 is 68.5. The van der Waals surface area contributed by atoms with Gasteiger partial charge in [-0.15, -0.1) is 0 Å². The number of hydrogen-bond donors (Lipinski definition) is 0. The Balaban J connectivity index is 1.43. The highest BCUT2D eigenvalue weighted by atomic mass is 32.2. The van der Waals surface area contributed by atoms with Gasteiger partial charge in [0.25, 0.3) is 0 Å². The molecule has 1 aliphatic carbocycles. The summed E-state index contributed by atoms with van der Waals surface area (Å²) >= 11 is 0. The monoisotopic (exact) mass is 487 g/mol. The third-order valence-electron chi connectivity index (χ3n) is 6.81. The number of benzene rings is 2. The van der Waals surface area contributed by atoms with E-state index in [1.165, 1.54) is 12.1 Å². The van der Waals surface area contributed by atoms with Crippen molar-refractivity contribution in [2.45, 2.75) is 37.8 Å². The number of hydrogen-bond acceptors (Lipinski definition) is 3. The topological polar surface area (TPSA) is 55.2 Å². The number of nitrogens with zero attached hydrogens (tertiary/aromatic N) is 3. The van der Waals surface area contributed by atoms with Crippen molar-refractivity contribution in [2.24, 2.45) is 5.41 Å². The zero-order valence-corrected chi connectivity index (χ0v) is 19.6. The lowest BCUT2D eigenvalue weighted by atomic mass is 9.70. The Morgan fingerprint density at radius 2 is 1.71 bits per heavy atom. The predicted octanol–water partition coefficient (Wildman–Crippen LogP) is 5.24. The van der Waals surface area contributed by atoms with Gasteiger partial charge in [0, 0.05) is 18.5 Å². The molecule has 0 bridgehead atoms. The Morgan fingerprint density at radius 1 is 1.03 bits per heavy atom. The van der Waals surface area contributed by atoms with E-state index in [4.69, 9.17) is 0 Å². The van der Waals surface area contributed by atoms with Crippen molar-refractivity contribution in [3.05, 3.63) is 82.7 Å². The van der Waals surface area contributed by atoms with E-state index in [-0.39, 0.29) is 5.41 Å². The average Bonchev–Trinajstić information content (AvgIpc) is 3.18. The molecule has 1 aliphatic heterocycles. The van der Waals surface area contributed by atoms with Gasteiger partial charge in [-0.05, 0) is 67.8 Å². The van der Waals surface area contributed by atoms with Crippen LogP contribution in [0.4, 0.5) is 13.2 Å². The normalized spacial score (nSPS) is 21.0. The summed E-state index contributed by atoms with van der Waals surface area (Å²) in [5.41, 5.74) is 3.38. The summed E-state index contributed by atoms with van der Waals surface area (Å²) in [5, 5.41) is 4.43. The van der Waals surface area contributed by atoms with Gasteiger partial charge in [0.1, 0.15) is 0 Å². The molecule has 3 aromatic rings. The number of piperidine rings is 1. The van der Waals surface area contributed by atoms with Crippen LogP contribution in [0.15, 0.2) is 65.2 Å². The van der Waals surface area contributed by atoms with E-state index >= 15 is 0 Å². The van der Waals surface area contributed by atoms with E-state index < -0.39 is 21.8 Å². The van der Waals surface area contributed by atoms with E-state index in [1.54, 1.807) is 39.4 Å². The van der Waals surface area contributed by atoms with Crippen LogP contribution >= 0.6 is 0 Å². The van der Waals surface area contributed by atoms with Crippen LogP contribution in [0.5, 0.6) is 0 Å². The first kappa shape index (κ1) is 22.9. The first-order valence-corrected chi connectivity index (χ1v) is 12.4. The summed E-state index contributed by atoms with van der Waals surface area (Å²) in [7, 11) is -3.61. The molecule has 1 saturated heterocycles. The van der Waals surface area contributed by atoms with Gasteiger partial charge in [0.2, 0.25) is 10.0 Å². The van der Waals surface area contributed by atoms with Gasteiger partial charge in [0.15, 0.2) is 0 Å². The van der Waals surface area contributed by atoms with Crippen molar-refractivity contribution in [1.29, 1.82) is 0 Å². The summed E-state index contributed by atoms with van der Waals surface area (Å²) in [6, 6.07) is 11.8. The van der Waals surface area contributed by atoms with E-state index in [1.807, 2.05) is 13.0 Å². The SMILES string of the molecule is Cc1ccc(S(=O)(=O)N2CCC3=Cc4c(cnn4-c4ccc(C(F)(F)F)cc4)CC3(C)C2)cc1. The fourth-order valence-corrected chi connectivity index (χ4v) is 6.43. The summed E-state index contributed by atoms with van der Waals surface area (Å²) in [4.78, 5) is 0.292. The molecule has 2 heterocycles. The first-order chi connectivity index (χ1) is 16.0. The molecule has 1 fully saturated rings. The highest BCUT2D eigenvalue weighted by Gasteiger charge is 2.43. The maximum atomic E-state index is 13.3. The third kappa shape index (κ3) is 3.86. The van der Waals surface area contributed by atoms with Crippen LogP contribution in [0.2, 0.25) is 0 Å². The molecule has 0 amide bonds. The van der Waals surface area contributed by atoms with Crippen LogP contribution in [0.3, 0.4) is 0 Å². The van der Waals surface area contributed by atoms with Crippen molar-refractivity contribution in [3.63, 3.8) is 0 Å². The molecule has 2 aliphatic rings. The van der Waals surface area contributed by atoms with Crippen LogP contribution in [0, 0.1) is 12.3 Å². The maximum absolute atomic E-state index is 13.3. The minimum atomic E-state index is -4.39. The summed E-state index contributed by atoms with van der Waals surface area (Å²) in [6.45, 7) is 4.72. The molecular weight excluding hydrogens is 463 g/mol. The number of alkyl halides is 3. The van der Waals surface area contributed by atoms with Gasteiger partial charge < -0.3 is 0 Å². The molecule has 1 aromatic heterocycles. The zero-order valence-electron chi connectivity index (χ0n) is 18.8. The number of sulfonamides is 1. The lowest BCUT2D eigenvalue weighted by Crippen LogP contribution is -2.47. The third-order valence-corrected chi connectivity index (χ3v) is 8.67. The number of rotatable bonds is 3. The molecule has 178 valence electrons. The molecule has 5 nitrogen and oxygen atoms in total. The predicted molar refractivity (Wildman–Crippen MR) is 123 cm³/mol. The second kappa shape index (κ2) is 7.81. The standard InChI is InChI=1S/C25H24F3N3O2S/c1-17-3-9-22(10-4-17)34(32,33)30-12-11-20-13-23-18(14-24(20,2)16-30)15-29-31(23)21-7-5-19(6-8-21)25(26,27)28/h3-10,13,15H,11-12,14,16H2,1-2H3. The van der Waals surface area contributed by atoms with Crippen molar-refractivity contribution in [3.8, 4) is 5.69 Å². The number of fused-ring (bicyclic) bond motifs is 2. The Bertz CT molecular complexity index is 1370. The Morgan fingerprint density at radius 3 is 2.35 bits per heavy atom. The molecule has 1 atom stereocenters. The van der Waals surface area contributed by atoms with Crippen molar-refractivity contribution < 1.29 is 21.6 Å². The maximum Gasteiger partial charge on any atom is 0.416 e. The van der Waals surface area contributed by atoms with E-state index in [9.17, 15) is 21.6 Å². The Labute approximate surface area is 196 Å². The molecule has 5 rings (SSSR count). The molecule has 0 spiro atoms. The molecule has 0 saturated carbocycles. The molecular formula is C25H24F3N3O2S. The van der Waals surface area contributed by atoms with E-state index in [0.29, 0.717) is 36.5 Å². The summed E-state index contributed by atoms with van der Waals surface area (Å²) in [6.07, 6.45) is 0.547. The van der Waals surface area contributed by atoms with Gasteiger partial charge in [-0.2, -0.15) is 22.6 Å². The lowest BCUT2D eigenvalue weighted by molar-refractivity contribution is -0.137. The van der Waals surface area contributed by atoms with Crippen LogP contribution in [0.1, 0.15) is 35.7 Å². The molecule has 34 heavy (non-hydrogen) atoms. The van der Waals surface area contributed by atoms with Crippen molar-refractivity contribution >= 4 is 16.1 Å². The van der Waals surface area contributed by atoms with Gasteiger partial charge in [0.05, 0.1) is 28.0 Å². The molecule has 2 aromatic carbocycles. The first-order valence-electron chi connectivity index (χ1n) is 11.0. The molecule has 9 heteroatoms. The second-order valence-corrected chi connectivity index (χ2v) is 11.3. The molecule has 0 N–H and O–H groups in total. The largest absolute Gasteiger partial charge is 0.416 e. The van der Waals surface area contributed by atoms with E-state index in [2.05, 4.69) is 12.0 Å². The highest BCUT2D eigenvalue weighted by Crippen LogP contribution is 2.45. The Hall–Kier alpha value is -2.91. The quantitative estimate of drug-likeness (QED) is 0.508. The zero-order chi connectivity index (χ0) is 24.3. The van der Waals surface area contributed by atoms with Crippen LogP contribution in [-0.2, 0) is 22.6 Å². The van der Waals surface area contributed by atoms with Gasteiger partial charge >= 0.3 is 6.18 Å². The van der Waals surface area contributed by atoms with Crippen LogP contribution in [0.25, 0.3) is 11.8 Å². The average molecular weight is 488 g/mol. The van der Waals surface area contributed by atoms with Gasteiger partial charge in [-0.25, -0.2) is 13.1 Å². The van der Waals surface area contributed by atoms with Gasteiger partial charge in [-0.1, -0.05) is 30.2 Å². The number of halogens is 3. The fourth-order valence-electron chi connectivity index (χ4n) is 4.86. The van der Waals surface area contributed by atoms with Gasteiger partial charge in [-0.3, -0.25) is 0 Å². The van der Waals surface area contributed by atoms with Crippen LogP contribution in [-0.4, -0.2) is 35.6 Å². The second-order valence-electron chi connectivity index (χ2n) is 9.32. The van der Waals surface area contributed by atoms with Crippen molar-refractivity contribution in [2.75, 3.05) is 13.1 Å². The summed E-state index contributed by atoms with van der Waals surface area (Å²) in [5.74, 6) is 0. The fraction of sp³-hybridized carbons (Fsp3) is 0.320. The highest BCUT2D eigenvalue weighted by molar-refractivity contribution is 7.89. The molecule has 1 unspecified atom stereocenters. The minimum Gasteiger partial charge on any atom is -0.233 e. The minimum absolute atomic E-state index is 0.292. The number of aromatic nitrogens is 2. The van der Waals surface area contributed by atoms with Crippen molar-refractivity contribution in [1.82, 2.24) is 14.1 Å². The lowest BCUT2D eigenvalue weighted by Gasteiger charge is -2.43. The van der Waals surface area contributed by atoms with E-state index in [0.717, 1.165) is 34.5 Å². The smallest absolute Gasteiger partial charge is 0.233 e. The Kier molecular flexibility index (Phi) is 5.25. The molecule has 0 radical (unpaired) electrons.